The molecule has 18 heavy (non-hydrogen) atoms. The van der Waals surface area contributed by atoms with Gasteiger partial charge in [0, 0.05) is 11.5 Å². The molecule has 0 amide bonds. The minimum absolute atomic E-state index is 0.0376. The number of hydrogen-bond donors (Lipinski definition) is 0. The molecule has 0 nitrogen and oxygen atoms in total. The van der Waals surface area contributed by atoms with Crippen LogP contribution >= 0.6 is 93.1 Å². The third kappa shape index (κ3) is 10.9. The lowest BCUT2D eigenvalue weighted by Crippen LogP contribution is -1.78. The lowest BCUT2D eigenvalue weighted by atomic mass is 10.7. The SMILES string of the molecule is ClC(Cl)=C(Cl)C#CSCCSC#CC(Cl)=C(Cl)Cl. The van der Waals surface area contributed by atoms with Crippen LogP contribution in [-0.2, 0) is 0 Å². The second kappa shape index (κ2) is 11.8. The minimum Gasteiger partial charge on any atom is -0.0738 e. The maximum atomic E-state index is 5.60. The van der Waals surface area contributed by atoms with Crippen LogP contribution in [0.4, 0.5) is 0 Å². The Balaban J connectivity index is 3.84. The summed E-state index contributed by atoms with van der Waals surface area (Å²) in [7, 11) is 0. The van der Waals surface area contributed by atoms with Crippen molar-refractivity contribution in [3.05, 3.63) is 19.0 Å². The Morgan fingerprint density at radius 1 is 0.667 bits per heavy atom. The van der Waals surface area contributed by atoms with E-state index in [0.29, 0.717) is 0 Å². The molecule has 0 fully saturated rings. The van der Waals surface area contributed by atoms with Gasteiger partial charge in [0.2, 0.25) is 0 Å². The van der Waals surface area contributed by atoms with Crippen LogP contribution in [0.2, 0.25) is 0 Å². The molecule has 0 saturated heterocycles. The highest BCUT2D eigenvalue weighted by Gasteiger charge is 1.93. The summed E-state index contributed by atoms with van der Waals surface area (Å²) < 4.78 is -0.0752. The second-order valence-corrected chi connectivity index (χ2v) is 6.76. The summed E-state index contributed by atoms with van der Waals surface area (Å²) in [5.41, 5.74) is 0. The first-order chi connectivity index (χ1) is 8.45. The summed E-state index contributed by atoms with van der Waals surface area (Å²) in [5.74, 6) is 6.72. The molecular weight excluding hydrogens is 397 g/mol. The van der Waals surface area contributed by atoms with E-state index in [2.05, 4.69) is 22.3 Å². The standard InChI is InChI=1S/C10H4Cl6S2/c11-7(9(13)14)1-3-17-5-6-18-4-2-8(12)10(15)16/h5-6H2. The maximum absolute atomic E-state index is 5.60. The Morgan fingerprint density at radius 3 is 1.28 bits per heavy atom. The molecule has 0 N–H and O–H groups in total. The van der Waals surface area contributed by atoms with E-state index < -0.39 is 0 Å². The van der Waals surface area contributed by atoms with Gasteiger partial charge in [-0.15, -0.1) is 0 Å². The van der Waals surface area contributed by atoms with Crippen LogP contribution in [0.5, 0.6) is 0 Å². The summed E-state index contributed by atoms with van der Waals surface area (Å²) in [6.07, 6.45) is 0. The zero-order valence-corrected chi connectivity index (χ0v) is 14.7. The van der Waals surface area contributed by atoms with Crippen molar-refractivity contribution in [1.82, 2.24) is 0 Å². The van der Waals surface area contributed by atoms with Crippen molar-refractivity contribution < 1.29 is 0 Å². The summed E-state index contributed by atoms with van der Waals surface area (Å²) in [6, 6.07) is 0. The molecule has 0 heterocycles. The third-order valence-corrected chi connectivity index (χ3v) is 4.36. The highest BCUT2D eigenvalue weighted by molar-refractivity contribution is 8.07. The molecule has 0 aliphatic carbocycles. The number of rotatable bonds is 3. The van der Waals surface area contributed by atoms with Gasteiger partial charge in [0.1, 0.15) is 19.0 Å². The van der Waals surface area contributed by atoms with Crippen molar-refractivity contribution in [3.63, 3.8) is 0 Å². The smallest absolute Gasteiger partial charge is 0.0738 e. The van der Waals surface area contributed by atoms with Gasteiger partial charge in [-0.3, -0.25) is 0 Å². The van der Waals surface area contributed by atoms with E-state index in [0.717, 1.165) is 11.5 Å². The number of halogens is 6. The van der Waals surface area contributed by atoms with E-state index in [9.17, 15) is 0 Å². The predicted octanol–water partition coefficient (Wildman–Crippen LogP) is 6.15. The van der Waals surface area contributed by atoms with E-state index in [1.54, 1.807) is 0 Å². The predicted molar refractivity (Wildman–Crippen MR) is 89.6 cm³/mol. The van der Waals surface area contributed by atoms with Gasteiger partial charge in [0.05, 0.1) is 0 Å². The molecule has 0 aromatic carbocycles. The van der Waals surface area contributed by atoms with Crippen molar-refractivity contribution in [2.45, 2.75) is 0 Å². The summed E-state index contributed by atoms with van der Waals surface area (Å²) in [4.78, 5) is 0. The average molecular weight is 401 g/mol. The van der Waals surface area contributed by atoms with E-state index >= 15 is 0 Å². The summed E-state index contributed by atoms with van der Waals surface area (Å²) >= 11 is 35.6. The van der Waals surface area contributed by atoms with Crippen LogP contribution in [0, 0.1) is 22.3 Å². The van der Waals surface area contributed by atoms with Crippen LogP contribution < -0.4 is 0 Å². The highest BCUT2D eigenvalue weighted by Crippen LogP contribution is 2.18. The zero-order chi connectivity index (χ0) is 14.0. The molecule has 0 aliphatic heterocycles. The van der Waals surface area contributed by atoms with Gasteiger partial charge in [0.25, 0.3) is 0 Å². The van der Waals surface area contributed by atoms with E-state index in [4.69, 9.17) is 69.6 Å². The second-order valence-electron chi connectivity index (χ2n) is 2.30. The first-order valence-corrected chi connectivity index (χ1v) is 8.36. The highest BCUT2D eigenvalue weighted by atomic mass is 35.5. The quantitative estimate of drug-likeness (QED) is 0.412. The Bertz CT molecular complexity index is 408. The Morgan fingerprint density at radius 2 is 1.00 bits per heavy atom. The molecule has 0 bridgehead atoms. The van der Waals surface area contributed by atoms with E-state index in [1.165, 1.54) is 23.5 Å². The van der Waals surface area contributed by atoms with Crippen molar-refractivity contribution in [2.75, 3.05) is 11.5 Å². The first-order valence-electron chi connectivity index (χ1n) is 4.12. The molecule has 0 radical (unpaired) electrons. The van der Waals surface area contributed by atoms with E-state index in [-0.39, 0.29) is 19.0 Å². The van der Waals surface area contributed by atoms with Gasteiger partial charge in [-0.05, 0) is 22.3 Å². The van der Waals surface area contributed by atoms with Crippen molar-refractivity contribution in [3.8, 4) is 22.3 Å². The molecule has 0 unspecified atom stereocenters. The van der Waals surface area contributed by atoms with Crippen LogP contribution in [0.25, 0.3) is 0 Å². The van der Waals surface area contributed by atoms with Gasteiger partial charge in [0.15, 0.2) is 0 Å². The molecule has 0 spiro atoms. The third-order valence-electron chi connectivity index (χ3n) is 1.09. The minimum atomic E-state index is -0.0376. The van der Waals surface area contributed by atoms with Crippen LogP contribution in [0.1, 0.15) is 0 Å². The monoisotopic (exact) mass is 398 g/mol. The maximum Gasteiger partial charge on any atom is 0.133 e. The molecule has 0 aliphatic rings. The number of allylic oxidation sites excluding steroid dienone is 2. The van der Waals surface area contributed by atoms with Gasteiger partial charge in [-0.2, -0.15) is 0 Å². The zero-order valence-electron chi connectivity index (χ0n) is 8.50. The molecule has 0 rings (SSSR count). The fourth-order valence-corrected chi connectivity index (χ4v) is 2.06. The molecular formula is C10H4Cl6S2. The normalized spacial score (nSPS) is 8.56. The lowest BCUT2D eigenvalue weighted by Gasteiger charge is -1.89. The number of hydrogen-bond acceptors (Lipinski definition) is 2. The number of thioether (sulfide) groups is 2. The topological polar surface area (TPSA) is 0 Å². The fourth-order valence-electron chi connectivity index (χ4n) is 0.442. The van der Waals surface area contributed by atoms with Crippen molar-refractivity contribution in [2.24, 2.45) is 0 Å². The van der Waals surface area contributed by atoms with Crippen molar-refractivity contribution >= 4 is 93.1 Å². The van der Waals surface area contributed by atoms with Gasteiger partial charge >= 0.3 is 0 Å². The first kappa shape index (κ1) is 19.0. The molecule has 0 atom stereocenters. The van der Waals surface area contributed by atoms with Crippen LogP contribution in [0.15, 0.2) is 19.0 Å². The van der Waals surface area contributed by atoms with Gasteiger partial charge in [-0.1, -0.05) is 93.1 Å². The van der Waals surface area contributed by atoms with Crippen LogP contribution in [-0.4, -0.2) is 11.5 Å². The lowest BCUT2D eigenvalue weighted by molar-refractivity contribution is 1.57. The average Bonchev–Trinajstić information content (AvgIpc) is 2.31. The Kier molecular flexibility index (Phi) is 12.5. The molecule has 98 valence electrons. The van der Waals surface area contributed by atoms with Gasteiger partial charge < -0.3 is 0 Å². The van der Waals surface area contributed by atoms with Crippen molar-refractivity contribution in [1.29, 1.82) is 0 Å². The summed E-state index contributed by atoms with van der Waals surface area (Å²) in [6.45, 7) is 0. The van der Waals surface area contributed by atoms with Gasteiger partial charge in [-0.25, -0.2) is 0 Å². The Hall–Kier alpha value is 1.04. The molecule has 8 heteroatoms. The Labute approximate surface area is 145 Å². The molecule has 0 aromatic heterocycles. The fraction of sp³-hybridized carbons (Fsp3) is 0.200. The molecule has 0 saturated carbocycles. The largest absolute Gasteiger partial charge is 0.133 e. The summed E-state index contributed by atoms with van der Waals surface area (Å²) in [5, 5.41) is 5.77. The molecule has 0 aromatic rings. The van der Waals surface area contributed by atoms with E-state index in [1.807, 2.05) is 0 Å². The van der Waals surface area contributed by atoms with Crippen LogP contribution in [0.3, 0.4) is 0 Å².